The summed E-state index contributed by atoms with van der Waals surface area (Å²) in [5, 5.41) is 0. The fourth-order valence-corrected chi connectivity index (χ4v) is 1.69. The lowest BCUT2D eigenvalue weighted by molar-refractivity contribution is 0.285. The second-order valence-electron chi connectivity index (χ2n) is 4.26. The Labute approximate surface area is 129 Å². The van der Waals surface area contributed by atoms with Crippen LogP contribution in [-0.2, 0) is 6.61 Å². The number of aromatic nitrogens is 2. The Hall–Kier alpha value is -2.24. The Morgan fingerprint density at radius 1 is 1.05 bits per heavy atom. The van der Waals surface area contributed by atoms with Crippen molar-refractivity contribution in [2.75, 3.05) is 7.11 Å². The number of methoxy groups -OCH3 is 1. The average Bonchev–Trinajstić information content (AvgIpc) is 2.54. The lowest BCUT2D eigenvalue weighted by Crippen LogP contribution is -2.06. The highest BCUT2D eigenvalue weighted by molar-refractivity contribution is 5.37. The number of hydrogen-bond acceptors (Lipinski definition) is 4. The van der Waals surface area contributed by atoms with Gasteiger partial charge in [-0.2, -0.15) is 0 Å². The fraction of sp³-hybridized carbons (Fsp3) is 0.375. The molecule has 0 saturated carbocycles. The summed E-state index contributed by atoms with van der Waals surface area (Å²) in [5.74, 6) is -0.482. The van der Waals surface area contributed by atoms with Crippen molar-refractivity contribution in [1.82, 2.24) is 9.97 Å². The second kappa shape index (κ2) is 8.26. The molecule has 0 amide bonds. The minimum atomic E-state index is -0.761. The highest BCUT2D eigenvalue weighted by atomic mass is 19.1. The standard InChI is InChI=1S/C14H14F2N2O2.C2H6/c1-8-4-12(19-3)14(16)11(13(8)15)7-20-10-5-17-9(2)18-6-10;1-2/h4-6H,7H2,1-3H3;1-2H3. The third-order valence-corrected chi connectivity index (χ3v) is 2.80. The average molecular weight is 310 g/mol. The van der Waals surface area contributed by atoms with E-state index in [2.05, 4.69) is 9.97 Å². The first-order valence-electron chi connectivity index (χ1n) is 6.96. The summed E-state index contributed by atoms with van der Waals surface area (Å²) in [6.07, 6.45) is 2.90. The van der Waals surface area contributed by atoms with E-state index in [1.54, 1.807) is 6.92 Å². The summed E-state index contributed by atoms with van der Waals surface area (Å²) in [6.45, 7) is 7.01. The molecule has 1 heterocycles. The Morgan fingerprint density at radius 3 is 2.18 bits per heavy atom. The van der Waals surface area contributed by atoms with Crippen LogP contribution in [0, 0.1) is 25.5 Å². The molecule has 0 saturated heterocycles. The number of hydrogen-bond donors (Lipinski definition) is 0. The lowest BCUT2D eigenvalue weighted by atomic mass is 10.1. The summed E-state index contributed by atoms with van der Waals surface area (Å²) in [4.78, 5) is 7.88. The molecule has 4 nitrogen and oxygen atoms in total. The Balaban J connectivity index is 0.00000116. The molecule has 2 rings (SSSR count). The van der Waals surface area contributed by atoms with Crippen molar-refractivity contribution in [3.8, 4) is 11.5 Å². The summed E-state index contributed by atoms with van der Waals surface area (Å²) in [7, 11) is 1.33. The van der Waals surface area contributed by atoms with Gasteiger partial charge in [-0.15, -0.1) is 0 Å². The summed E-state index contributed by atoms with van der Waals surface area (Å²) in [6, 6.07) is 1.31. The molecule has 0 atom stereocenters. The zero-order valence-corrected chi connectivity index (χ0v) is 13.4. The zero-order chi connectivity index (χ0) is 16.7. The lowest BCUT2D eigenvalue weighted by Gasteiger charge is -2.12. The van der Waals surface area contributed by atoms with E-state index in [-0.39, 0.29) is 17.9 Å². The van der Waals surface area contributed by atoms with E-state index in [1.807, 2.05) is 13.8 Å². The van der Waals surface area contributed by atoms with Gasteiger partial charge >= 0.3 is 0 Å². The van der Waals surface area contributed by atoms with Crippen LogP contribution in [0.3, 0.4) is 0 Å². The number of rotatable bonds is 4. The molecule has 0 fully saturated rings. The minimum absolute atomic E-state index is 0.0114. The van der Waals surface area contributed by atoms with Gasteiger partial charge in [-0.05, 0) is 25.5 Å². The van der Waals surface area contributed by atoms with Gasteiger partial charge in [-0.25, -0.2) is 18.7 Å². The van der Waals surface area contributed by atoms with Crippen LogP contribution >= 0.6 is 0 Å². The van der Waals surface area contributed by atoms with Gasteiger partial charge in [0.2, 0.25) is 0 Å². The van der Waals surface area contributed by atoms with Crippen molar-refractivity contribution in [3.05, 3.63) is 47.0 Å². The van der Waals surface area contributed by atoms with Gasteiger partial charge in [0.05, 0.1) is 25.1 Å². The summed E-state index contributed by atoms with van der Waals surface area (Å²) >= 11 is 0. The predicted octanol–water partition coefficient (Wildman–Crippen LogP) is 3.99. The van der Waals surface area contributed by atoms with E-state index in [0.717, 1.165) is 0 Å². The SMILES string of the molecule is CC.COc1cc(C)c(F)c(COc2cnc(C)nc2)c1F. The van der Waals surface area contributed by atoms with Crippen LogP contribution in [-0.4, -0.2) is 17.1 Å². The topological polar surface area (TPSA) is 44.2 Å². The number of ether oxygens (including phenoxy) is 2. The largest absolute Gasteiger partial charge is 0.494 e. The van der Waals surface area contributed by atoms with E-state index in [0.29, 0.717) is 17.1 Å². The normalized spacial score (nSPS) is 9.77. The van der Waals surface area contributed by atoms with Crippen molar-refractivity contribution in [2.45, 2.75) is 34.3 Å². The molecule has 0 spiro atoms. The highest BCUT2D eigenvalue weighted by Gasteiger charge is 2.17. The molecule has 0 aliphatic heterocycles. The number of halogens is 2. The summed E-state index contributed by atoms with van der Waals surface area (Å²) in [5.41, 5.74) is 0.115. The maximum absolute atomic E-state index is 14.0. The molecule has 6 heteroatoms. The first-order chi connectivity index (χ1) is 10.5. The smallest absolute Gasteiger partial charge is 0.174 e. The Bertz CT molecular complexity index is 617. The van der Waals surface area contributed by atoms with Gasteiger partial charge in [0.25, 0.3) is 0 Å². The van der Waals surface area contributed by atoms with Crippen LogP contribution in [0.5, 0.6) is 11.5 Å². The van der Waals surface area contributed by atoms with Crippen molar-refractivity contribution >= 4 is 0 Å². The number of nitrogens with zero attached hydrogens (tertiary/aromatic N) is 2. The van der Waals surface area contributed by atoms with Crippen molar-refractivity contribution in [1.29, 1.82) is 0 Å². The van der Waals surface area contributed by atoms with Gasteiger partial charge in [-0.3, -0.25) is 0 Å². The van der Waals surface area contributed by atoms with E-state index < -0.39 is 11.6 Å². The van der Waals surface area contributed by atoms with Gasteiger partial charge < -0.3 is 9.47 Å². The summed E-state index contributed by atoms with van der Waals surface area (Å²) < 4.78 is 38.1. The molecule has 2 aromatic rings. The predicted molar refractivity (Wildman–Crippen MR) is 80.1 cm³/mol. The number of benzene rings is 1. The van der Waals surface area contributed by atoms with E-state index in [9.17, 15) is 8.78 Å². The molecule has 0 aliphatic carbocycles. The Kier molecular flexibility index (Phi) is 6.69. The van der Waals surface area contributed by atoms with Crippen LogP contribution < -0.4 is 9.47 Å². The van der Waals surface area contributed by atoms with E-state index in [1.165, 1.54) is 32.5 Å². The van der Waals surface area contributed by atoms with Gasteiger partial charge in [0, 0.05) is 0 Å². The molecule has 1 aromatic carbocycles. The maximum Gasteiger partial charge on any atom is 0.174 e. The molecular weight excluding hydrogens is 290 g/mol. The second-order valence-corrected chi connectivity index (χ2v) is 4.26. The third-order valence-electron chi connectivity index (χ3n) is 2.80. The van der Waals surface area contributed by atoms with E-state index >= 15 is 0 Å². The molecule has 0 unspecified atom stereocenters. The molecule has 0 N–H and O–H groups in total. The van der Waals surface area contributed by atoms with Crippen molar-refractivity contribution in [2.24, 2.45) is 0 Å². The molecule has 0 radical (unpaired) electrons. The van der Waals surface area contributed by atoms with Crippen LogP contribution in [0.4, 0.5) is 8.78 Å². The van der Waals surface area contributed by atoms with Gasteiger partial charge in [0.1, 0.15) is 18.2 Å². The molecule has 0 aliphatic rings. The van der Waals surface area contributed by atoms with E-state index in [4.69, 9.17) is 9.47 Å². The minimum Gasteiger partial charge on any atom is -0.494 e. The van der Waals surface area contributed by atoms with Crippen LogP contribution in [0.15, 0.2) is 18.5 Å². The zero-order valence-electron chi connectivity index (χ0n) is 13.4. The van der Waals surface area contributed by atoms with Gasteiger partial charge in [0.15, 0.2) is 17.3 Å². The quantitative estimate of drug-likeness (QED) is 0.856. The van der Waals surface area contributed by atoms with Crippen LogP contribution in [0.25, 0.3) is 0 Å². The first kappa shape index (κ1) is 17.8. The third kappa shape index (κ3) is 4.13. The first-order valence-corrected chi connectivity index (χ1v) is 6.96. The molecule has 1 aromatic heterocycles. The van der Waals surface area contributed by atoms with Gasteiger partial charge in [-0.1, -0.05) is 13.8 Å². The maximum atomic E-state index is 14.0. The fourth-order valence-electron chi connectivity index (χ4n) is 1.69. The Morgan fingerprint density at radius 2 is 1.64 bits per heavy atom. The van der Waals surface area contributed by atoms with Crippen LogP contribution in [0.1, 0.15) is 30.8 Å². The molecule has 0 bridgehead atoms. The molecule has 120 valence electrons. The highest BCUT2D eigenvalue weighted by Crippen LogP contribution is 2.27. The monoisotopic (exact) mass is 310 g/mol. The van der Waals surface area contributed by atoms with Crippen molar-refractivity contribution < 1.29 is 18.3 Å². The van der Waals surface area contributed by atoms with Crippen molar-refractivity contribution in [3.63, 3.8) is 0 Å². The van der Waals surface area contributed by atoms with Crippen LogP contribution in [0.2, 0.25) is 0 Å². The molecular formula is C16H20F2N2O2. The number of aryl methyl sites for hydroxylation is 2. The molecule has 22 heavy (non-hydrogen) atoms.